The Kier molecular flexibility index (Phi) is 7.90. The molecular formula is C24H34FN5O2S. The van der Waals surface area contributed by atoms with Crippen molar-refractivity contribution in [1.82, 2.24) is 19.7 Å². The number of aromatic nitrogens is 3. The van der Waals surface area contributed by atoms with Crippen LogP contribution in [0.1, 0.15) is 45.1 Å². The molecule has 7 nitrogen and oxygen atoms in total. The highest BCUT2D eigenvalue weighted by Gasteiger charge is 2.28. The minimum absolute atomic E-state index is 0.0238. The zero-order chi connectivity index (χ0) is 23.4. The van der Waals surface area contributed by atoms with Crippen molar-refractivity contribution in [3.05, 3.63) is 35.6 Å². The Morgan fingerprint density at radius 1 is 1.30 bits per heavy atom. The third kappa shape index (κ3) is 6.06. The molecule has 0 aliphatic carbocycles. The second-order valence-electron chi connectivity index (χ2n) is 9.28. The third-order valence-corrected chi connectivity index (χ3v) is 7.56. The molecule has 2 atom stereocenters. The highest BCUT2D eigenvalue weighted by atomic mass is 32.2. The van der Waals surface area contributed by atoms with Crippen molar-refractivity contribution in [3.63, 3.8) is 0 Å². The molecule has 0 N–H and O–H groups in total. The number of carbonyl (C=O) groups excluding carboxylic acids is 1. The monoisotopic (exact) mass is 475 g/mol. The van der Waals surface area contributed by atoms with E-state index in [9.17, 15) is 9.18 Å². The molecule has 1 aromatic heterocycles. The summed E-state index contributed by atoms with van der Waals surface area (Å²) in [6.45, 7) is 8.00. The fraction of sp³-hybridized carbons (Fsp3) is 0.625. The van der Waals surface area contributed by atoms with E-state index in [1.807, 2.05) is 13.0 Å². The smallest absolute Gasteiger partial charge is 0.235 e. The summed E-state index contributed by atoms with van der Waals surface area (Å²) in [6, 6.07) is 6.36. The zero-order valence-electron chi connectivity index (χ0n) is 19.7. The molecular weight excluding hydrogens is 441 g/mol. The summed E-state index contributed by atoms with van der Waals surface area (Å²) in [5.41, 5.74) is 0.770. The van der Waals surface area contributed by atoms with Crippen molar-refractivity contribution in [1.29, 1.82) is 0 Å². The van der Waals surface area contributed by atoms with Gasteiger partial charge < -0.3 is 14.5 Å². The number of ether oxygens (including phenoxy) is 1. The number of hydrogen-bond donors (Lipinski definition) is 0. The Morgan fingerprint density at radius 3 is 2.79 bits per heavy atom. The number of anilines is 1. The largest absolute Gasteiger partial charge is 0.376 e. The fourth-order valence-corrected chi connectivity index (χ4v) is 5.44. The molecule has 2 aromatic rings. The number of carbonyl (C=O) groups is 1. The molecule has 3 heterocycles. The van der Waals surface area contributed by atoms with Crippen LogP contribution >= 0.6 is 11.8 Å². The van der Waals surface area contributed by atoms with E-state index in [-0.39, 0.29) is 23.1 Å². The highest BCUT2D eigenvalue weighted by Crippen LogP contribution is 2.30. The Bertz CT molecular complexity index is 941. The summed E-state index contributed by atoms with van der Waals surface area (Å²) in [5.74, 6) is 1.30. The molecule has 2 fully saturated rings. The van der Waals surface area contributed by atoms with Crippen molar-refractivity contribution in [2.24, 2.45) is 5.92 Å². The molecule has 9 heteroatoms. The number of halogens is 1. The molecule has 4 rings (SSSR count). The van der Waals surface area contributed by atoms with Gasteiger partial charge in [0.15, 0.2) is 5.16 Å². The number of piperidine rings is 1. The Balaban J connectivity index is 1.46. The molecule has 0 radical (unpaired) electrons. The van der Waals surface area contributed by atoms with E-state index in [0.717, 1.165) is 68.0 Å². The predicted octanol–water partition coefficient (Wildman–Crippen LogP) is 3.97. The predicted molar refractivity (Wildman–Crippen MR) is 128 cm³/mol. The van der Waals surface area contributed by atoms with Gasteiger partial charge in [0.2, 0.25) is 11.9 Å². The van der Waals surface area contributed by atoms with Crippen LogP contribution in [0.25, 0.3) is 0 Å². The first-order chi connectivity index (χ1) is 15.9. The Morgan fingerprint density at radius 2 is 2.09 bits per heavy atom. The van der Waals surface area contributed by atoms with Gasteiger partial charge in [-0.3, -0.25) is 9.36 Å². The summed E-state index contributed by atoms with van der Waals surface area (Å²) in [4.78, 5) is 17.0. The van der Waals surface area contributed by atoms with Crippen molar-refractivity contribution in [3.8, 4) is 0 Å². The maximum absolute atomic E-state index is 13.5. The number of rotatable bonds is 8. The number of hydrogen-bond acceptors (Lipinski definition) is 6. The Hall–Kier alpha value is -2.13. The van der Waals surface area contributed by atoms with Crippen LogP contribution in [0.4, 0.5) is 10.3 Å². The van der Waals surface area contributed by atoms with Gasteiger partial charge in [0.25, 0.3) is 0 Å². The van der Waals surface area contributed by atoms with E-state index >= 15 is 0 Å². The molecule has 0 spiro atoms. The molecule has 180 valence electrons. The minimum Gasteiger partial charge on any atom is -0.376 e. The molecule has 1 amide bonds. The van der Waals surface area contributed by atoms with Gasteiger partial charge in [0, 0.05) is 33.3 Å². The van der Waals surface area contributed by atoms with Crippen LogP contribution in [0.2, 0.25) is 0 Å². The fourth-order valence-electron chi connectivity index (χ4n) is 4.47. The van der Waals surface area contributed by atoms with Crippen LogP contribution in [0.15, 0.2) is 29.4 Å². The number of amides is 1. The van der Waals surface area contributed by atoms with Crippen LogP contribution in [-0.2, 0) is 22.6 Å². The van der Waals surface area contributed by atoms with Crippen LogP contribution < -0.4 is 4.90 Å². The first-order valence-corrected chi connectivity index (χ1v) is 12.7. The maximum atomic E-state index is 13.5. The van der Waals surface area contributed by atoms with E-state index < -0.39 is 0 Å². The van der Waals surface area contributed by atoms with Gasteiger partial charge in [0.05, 0.1) is 17.9 Å². The molecule has 2 aliphatic rings. The average Bonchev–Trinajstić information content (AvgIpc) is 3.45. The number of thioether (sulfide) groups is 1. The topological polar surface area (TPSA) is 63.5 Å². The van der Waals surface area contributed by atoms with Crippen LogP contribution in [0, 0.1) is 11.7 Å². The SMILES string of the molecule is CC1CCN(c2nnc(SC(C)C(=O)N(C)Cc3cccc(F)c3)n2CC2CCCO2)CC1. The van der Waals surface area contributed by atoms with Crippen molar-refractivity contribution >= 4 is 23.6 Å². The summed E-state index contributed by atoms with van der Waals surface area (Å²) >= 11 is 1.43. The lowest BCUT2D eigenvalue weighted by Crippen LogP contribution is -2.35. The van der Waals surface area contributed by atoms with Gasteiger partial charge in [-0.05, 0) is 56.2 Å². The van der Waals surface area contributed by atoms with E-state index in [4.69, 9.17) is 4.74 Å². The van der Waals surface area contributed by atoms with Crippen LogP contribution in [0.5, 0.6) is 0 Å². The van der Waals surface area contributed by atoms with Gasteiger partial charge in [0.1, 0.15) is 5.82 Å². The van der Waals surface area contributed by atoms with Crippen LogP contribution in [-0.4, -0.2) is 63.7 Å². The van der Waals surface area contributed by atoms with Gasteiger partial charge in [-0.25, -0.2) is 4.39 Å². The number of benzene rings is 1. The normalized spacial score (nSPS) is 20.2. The quantitative estimate of drug-likeness (QED) is 0.539. The molecule has 0 bridgehead atoms. The van der Waals surface area contributed by atoms with Gasteiger partial charge in [-0.1, -0.05) is 30.8 Å². The zero-order valence-corrected chi connectivity index (χ0v) is 20.6. The third-order valence-electron chi connectivity index (χ3n) is 6.49. The lowest BCUT2D eigenvalue weighted by molar-refractivity contribution is -0.129. The van der Waals surface area contributed by atoms with Crippen molar-refractivity contribution in [2.45, 2.75) is 69.1 Å². The maximum Gasteiger partial charge on any atom is 0.235 e. The molecule has 1 aromatic carbocycles. The second kappa shape index (κ2) is 10.9. The molecule has 0 saturated carbocycles. The van der Waals surface area contributed by atoms with Crippen molar-refractivity contribution in [2.75, 3.05) is 31.6 Å². The lowest BCUT2D eigenvalue weighted by Gasteiger charge is -2.31. The van der Waals surface area contributed by atoms with Crippen molar-refractivity contribution < 1.29 is 13.9 Å². The van der Waals surface area contributed by atoms with E-state index in [2.05, 4.69) is 26.6 Å². The van der Waals surface area contributed by atoms with Gasteiger partial charge in [-0.15, -0.1) is 10.2 Å². The van der Waals surface area contributed by atoms with Crippen LogP contribution in [0.3, 0.4) is 0 Å². The highest BCUT2D eigenvalue weighted by molar-refractivity contribution is 8.00. The summed E-state index contributed by atoms with van der Waals surface area (Å²) in [6.07, 6.45) is 4.56. The standard InChI is InChI=1S/C24H34FN5O2S/c1-17-9-11-29(12-10-17)23-26-27-24(30(23)16-21-8-5-13-32-21)33-18(2)22(31)28(3)15-19-6-4-7-20(25)14-19/h4,6-7,14,17-18,21H,5,8-13,15-16H2,1-3H3. The minimum atomic E-state index is -0.342. The molecule has 33 heavy (non-hydrogen) atoms. The first kappa shape index (κ1) is 24.0. The lowest BCUT2D eigenvalue weighted by atomic mass is 10.00. The summed E-state index contributed by atoms with van der Waals surface area (Å²) in [5, 5.41) is 9.43. The van der Waals surface area contributed by atoms with E-state index in [1.165, 1.54) is 23.9 Å². The number of nitrogens with zero attached hydrogens (tertiary/aromatic N) is 5. The van der Waals surface area contributed by atoms with Gasteiger partial charge >= 0.3 is 0 Å². The van der Waals surface area contributed by atoms with Gasteiger partial charge in [-0.2, -0.15) is 0 Å². The first-order valence-electron chi connectivity index (χ1n) is 11.9. The summed E-state index contributed by atoms with van der Waals surface area (Å²) in [7, 11) is 1.75. The molecule has 2 aliphatic heterocycles. The molecule has 2 saturated heterocycles. The summed E-state index contributed by atoms with van der Waals surface area (Å²) < 4.78 is 21.6. The van der Waals surface area contributed by atoms with E-state index in [1.54, 1.807) is 18.0 Å². The Labute approximate surface area is 199 Å². The molecule has 2 unspecified atom stereocenters. The second-order valence-corrected chi connectivity index (χ2v) is 10.6. The van der Waals surface area contributed by atoms with E-state index in [0.29, 0.717) is 13.1 Å². The average molecular weight is 476 g/mol.